The second-order valence-corrected chi connectivity index (χ2v) is 6.42. The first-order chi connectivity index (χ1) is 12.8. The molecule has 26 heavy (non-hydrogen) atoms. The molecule has 3 rings (SSSR count). The standard InChI is InChI=1S/C20H28N6/c21-9-1-3-11-23-17-7-13-25-19-15(17)5-6-16-18(8-14-26-20(16)19)24-12-4-2-10-22/h5-8,13-14H,1-4,9-12,21-22H2,(H,23,25)(H,24,26). The molecule has 0 saturated heterocycles. The van der Waals surface area contributed by atoms with Gasteiger partial charge in [-0.05, 0) is 63.0 Å². The number of nitrogens with two attached hydrogens (primary N) is 2. The molecule has 0 saturated carbocycles. The summed E-state index contributed by atoms with van der Waals surface area (Å²) in [7, 11) is 0. The third-order valence-electron chi connectivity index (χ3n) is 4.51. The summed E-state index contributed by atoms with van der Waals surface area (Å²) in [4.78, 5) is 9.20. The number of fused-ring (bicyclic) bond motifs is 3. The van der Waals surface area contributed by atoms with Gasteiger partial charge in [0, 0.05) is 47.6 Å². The Morgan fingerprint density at radius 1 is 0.654 bits per heavy atom. The first-order valence-electron chi connectivity index (χ1n) is 9.39. The predicted molar refractivity (Wildman–Crippen MR) is 111 cm³/mol. The average molecular weight is 352 g/mol. The van der Waals surface area contributed by atoms with Crippen LogP contribution in [-0.4, -0.2) is 36.1 Å². The van der Waals surface area contributed by atoms with Crippen LogP contribution in [0.3, 0.4) is 0 Å². The maximum Gasteiger partial charge on any atom is 0.0986 e. The SMILES string of the molecule is NCCCCNc1ccnc2c1ccc1c(NCCCCN)ccnc12. The molecule has 0 aliphatic carbocycles. The molecule has 6 N–H and O–H groups in total. The summed E-state index contributed by atoms with van der Waals surface area (Å²) in [6.45, 7) is 3.28. The highest BCUT2D eigenvalue weighted by Crippen LogP contribution is 2.30. The molecule has 6 nitrogen and oxygen atoms in total. The van der Waals surface area contributed by atoms with E-state index in [-0.39, 0.29) is 0 Å². The molecule has 0 amide bonds. The van der Waals surface area contributed by atoms with E-state index < -0.39 is 0 Å². The lowest BCUT2D eigenvalue weighted by Gasteiger charge is -2.13. The Balaban J connectivity index is 1.88. The van der Waals surface area contributed by atoms with Gasteiger partial charge in [-0.15, -0.1) is 0 Å². The Labute approximate surface area is 154 Å². The van der Waals surface area contributed by atoms with E-state index in [9.17, 15) is 0 Å². The molecular formula is C20H28N6. The second kappa shape index (κ2) is 9.31. The summed E-state index contributed by atoms with van der Waals surface area (Å²) in [5, 5.41) is 9.19. The normalized spacial score (nSPS) is 11.2. The molecular weight excluding hydrogens is 324 g/mol. The molecule has 0 atom stereocenters. The molecule has 138 valence electrons. The maximum atomic E-state index is 5.57. The molecule has 0 fully saturated rings. The summed E-state index contributed by atoms with van der Waals surface area (Å²) < 4.78 is 0. The van der Waals surface area contributed by atoms with E-state index in [0.717, 1.165) is 85.0 Å². The summed E-state index contributed by atoms with van der Waals surface area (Å²) in [5.74, 6) is 0. The van der Waals surface area contributed by atoms with Crippen LogP contribution in [-0.2, 0) is 0 Å². The predicted octanol–water partition coefficient (Wildman–Crippen LogP) is 3.08. The number of unbranched alkanes of at least 4 members (excludes halogenated alkanes) is 2. The number of benzene rings is 1. The van der Waals surface area contributed by atoms with Gasteiger partial charge < -0.3 is 22.1 Å². The zero-order valence-corrected chi connectivity index (χ0v) is 15.2. The van der Waals surface area contributed by atoms with Gasteiger partial charge in [-0.1, -0.05) is 0 Å². The second-order valence-electron chi connectivity index (χ2n) is 6.42. The van der Waals surface area contributed by atoms with Crippen molar-refractivity contribution in [1.82, 2.24) is 9.97 Å². The summed E-state index contributed by atoms with van der Waals surface area (Å²) in [6, 6.07) is 8.29. The summed E-state index contributed by atoms with van der Waals surface area (Å²) >= 11 is 0. The number of hydrogen-bond acceptors (Lipinski definition) is 6. The molecule has 6 heteroatoms. The van der Waals surface area contributed by atoms with Crippen LogP contribution in [0.25, 0.3) is 21.8 Å². The zero-order chi connectivity index (χ0) is 18.2. The fourth-order valence-corrected chi connectivity index (χ4v) is 3.12. The minimum absolute atomic E-state index is 0.731. The fraction of sp³-hybridized carbons (Fsp3) is 0.400. The van der Waals surface area contributed by atoms with Crippen LogP contribution in [0.4, 0.5) is 11.4 Å². The van der Waals surface area contributed by atoms with Gasteiger partial charge in [0.05, 0.1) is 11.0 Å². The van der Waals surface area contributed by atoms with Crippen LogP contribution < -0.4 is 22.1 Å². The Kier molecular flexibility index (Phi) is 6.57. The molecule has 2 heterocycles. The largest absolute Gasteiger partial charge is 0.384 e. The number of rotatable bonds is 10. The minimum Gasteiger partial charge on any atom is -0.384 e. The Hall–Kier alpha value is -2.44. The lowest BCUT2D eigenvalue weighted by molar-refractivity contribution is 0.774. The fourth-order valence-electron chi connectivity index (χ4n) is 3.12. The van der Waals surface area contributed by atoms with Crippen LogP contribution >= 0.6 is 0 Å². The quantitative estimate of drug-likeness (QED) is 0.330. The molecule has 2 aromatic heterocycles. The highest BCUT2D eigenvalue weighted by molar-refractivity contribution is 6.10. The zero-order valence-electron chi connectivity index (χ0n) is 15.2. The van der Waals surface area contributed by atoms with Crippen molar-refractivity contribution in [2.75, 3.05) is 36.8 Å². The molecule has 0 aliphatic rings. The molecule has 0 radical (unpaired) electrons. The van der Waals surface area contributed by atoms with Gasteiger partial charge in [0.25, 0.3) is 0 Å². The maximum absolute atomic E-state index is 5.57. The molecule has 0 bridgehead atoms. The van der Waals surface area contributed by atoms with E-state index in [1.165, 1.54) is 0 Å². The first-order valence-corrected chi connectivity index (χ1v) is 9.39. The van der Waals surface area contributed by atoms with Crippen LogP contribution in [0.2, 0.25) is 0 Å². The molecule has 0 unspecified atom stereocenters. The van der Waals surface area contributed by atoms with E-state index in [1.807, 2.05) is 24.5 Å². The van der Waals surface area contributed by atoms with Gasteiger partial charge >= 0.3 is 0 Å². The van der Waals surface area contributed by atoms with E-state index >= 15 is 0 Å². The van der Waals surface area contributed by atoms with Crippen LogP contribution in [0.1, 0.15) is 25.7 Å². The third-order valence-corrected chi connectivity index (χ3v) is 4.51. The average Bonchev–Trinajstić information content (AvgIpc) is 2.68. The number of pyridine rings is 2. The Bertz CT molecular complexity index is 777. The van der Waals surface area contributed by atoms with E-state index in [4.69, 9.17) is 11.5 Å². The van der Waals surface area contributed by atoms with E-state index in [1.54, 1.807) is 0 Å². The van der Waals surface area contributed by atoms with Crippen molar-refractivity contribution in [3.63, 3.8) is 0 Å². The Morgan fingerprint density at radius 2 is 1.12 bits per heavy atom. The number of hydrogen-bond donors (Lipinski definition) is 4. The van der Waals surface area contributed by atoms with Crippen LogP contribution in [0.15, 0.2) is 36.7 Å². The molecule has 0 spiro atoms. The van der Waals surface area contributed by atoms with Gasteiger partial charge in [0.2, 0.25) is 0 Å². The highest BCUT2D eigenvalue weighted by atomic mass is 14.9. The van der Waals surface area contributed by atoms with Crippen molar-refractivity contribution in [2.24, 2.45) is 11.5 Å². The van der Waals surface area contributed by atoms with Gasteiger partial charge in [-0.25, -0.2) is 0 Å². The van der Waals surface area contributed by atoms with Gasteiger partial charge in [0.15, 0.2) is 0 Å². The lowest BCUT2D eigenvalue weighted by atomic mass is 10.1. The minimum atomic E-state index is 0.731. The van der Waals surface area contributed by atoms with Crippen LogP contribution in [0.5, 0.6) is 0 Å². The first kappa shape index (κ1) is 18.4. The third kappa shape index (κ3) is 4.20. The van der Waals surface area contributed by atoms with Gasteiger partial charge in [-0.3, -0.25) is 9.97 Å². The van der Waals surface area contributed by atoms with Gasteiger partial charge in [0.1, 0.15) is 0 Å². The van der Waals surface area contributed by atoms with E-state index in [0.29, 0.717) is 0 Å². The number of nitrogens with one attached hydrogen (secondary N) is 2. The van der Waals surface area contributed by atoms with E-state index in [2.05, 4.69) is 32.7 Å². The smallest absolute Gasteiger partial charge is 0.0986 e. The molecule has 1 aromatic carbocycles. The lowest BCUT2D eigenvalue weighted by Crippen LogP contribution is -2.07. The van der Waals surface area contributed by atoms with Crippen molar-refractivity contribution in [3.05, 3.63) is 36.7 Å². The molecule has 3 aromatic rings. The van der Waals surface area contributed by atoms with Crippen molar-refractivity contribution in [3.8, 4) is 0 Å². The summed E-state index contributed by atoms with van der Waals surface area (Å²) in [5.41, 5.74) is 15.2. The topological polar surface area (TPSA) is 102 Å². The van der Waals surface area contributed by atoms with Crippen molar-refractivity contribution < 1.29 is 0 Å². The number of nitrogens with zero attached hydrogens (tertiary/aromatic N) is 2. The van der Waals surface area contributed by atoms with Crippen molar-refractivity contribution >= 4 is 33.2 Å². The van der Waals surface area contributed by atoms with Crippen molar-refractivity contribution in [1.29, 1.82) is 0 Å². The number of aromatic nitrogens is 2. The van der Waals surface area contributed by atoms with Crippen molar-refractivity contribution in [2.45, 2.75) is 25.7 Å². The monoisotopic (exact) mass is 352 g/mol. The van der Waals surface area contributed by atoms with Crippen LogP contribution in [0, 0.1) is 0 Å². The highest BCUT2D eigenvalue weighted by Gasteiger charge is 2.09. The summed E-state index contributed by atoms with van der Waals surface area (Å²) in [6.07, 6.45) is 7.86. The Morgan fingerprint density at radius 3 is 1.54 bits per heavy atom. The van der Waals surface area contributed by atoms with Gasteiger partial charge in [-0.2, -0.15) is 0 Å². The number of anilines is 2. The molecule has 0 aliphatic heterocycles.